The second-order valence-electron chi connectivity index (χ2n) is 4.74. The Kier molecular flexibility index (Phi) is 3.27. The second-order valence-corrected chi connectivity index (χ2v) is 4.74. The number of Topliss-reactive ketones (excluding diaryl/α,β-unsaturated/α-hetero) is 1. The molecular weight excluding hydrogens is 216 g/mol. The molecule has 0 heterocycles. The van der Waals surface area contributed by atoms with E-state index in [-0.39, 0.29) is 11.7 Å². The fourth-order valence-corrected chi connectivity index (χ4v) is 2.47. The first-order chi connectivity index (χ1) is 8.08. The molecule has 0 radical (unpaired) electrons. The molecule has 2 rings (SSSR count). The average molecular weight is 232 g/mol. The molecule has 3 nitrogen and oxygen atoms in total. The Bertz CT molecular complexity index is 433. The summed E-state index contributed by atoms with van der Waals surface area (Å²) in [6.07, 6.45) is 1.23. The van der Waals surface area contributed by atoms with Gasteiger partial charge in [0.05, 0.1) is 5.92 Å². The van der Waals surface area contributed by atoms with E-state index in [9.17, 15) is 14.7 Å². The predicted octanol–water partition coefficient (Wildman–Crippen LogP) is 2.53. The van der Waals surface area contributed by atoms with Crippen molar-refractivity contribution in [2.75, 3.05) is 0 Å². The third-order valence-corrected chi connectivity index (χ3v) is 3.49. The van der Waals surface area contributed by atoms with Crippen LogP contribution in [0.1, 0.15) is 36.3 Å². The lowest BCUT2D eigenvalue weighted by atomic mass is 9.75. The van der Waals surface area contributed by atoms with Crippen LogP contribution in [0.25, 0.3) is 0 Å². The quantitative estimate of drug-likeness (QED) is 0.852. The van der Waals surface area contributed by atoms with Gasteiger partial charge in [-0.15, -0.1) is 0 Å². The Morgan fingerprint density at radius 2 is 1.94 bits per heavy atom. The number of aryl methyl sites for hydroxylation is 1. The number of hydrogen-bond donors (Lipinski definition) is 1. The topological polar surface area (TPSA) is 54.4 Å². The molecule has 17 heavy (non-hydrogen) atoms. The van der Waals surface area contributed by atoms with Crippen LogP contribution in [0.4, 0.5) is 0 Å². The first kappa shape index (κ1) is 11.8. The Hall–Kier alpha value is -1.64. The Balaban J connectivity index is 2.28. The van der Waals surface area contributed by atoms with E-state index in [1.165, 1.54) is 0 Å². The number of hydrogen-bond acceptors (Lipinski definition) is 2. The van der Waals surface area contributed by atoms with Gasteiger partial charge in [-0.2, -0.15) is 0 Å². The summed E-state index contributed by atoms with van der Waals surface area (Å²) >= 11 is 0. The molecule has 3 heteroatoms. The normalized spacial score (nSPS) is 24.6. The van der Waals surface area contributed by atoms with Gasteiger partial charge in [0, 0.05) is 18.8 Å². The van der Waals surface area contributed by atoms with E-state index < -0.39 is 11.9 Å². The third-order valence-electron chi connectivity index (χ3n) is 3.49. The molecule has 1 N–H and O–H groups in total. The maximum atomic E-state index is 11.5. The third kappa shape index (κ3) is 2.54. The minimum atomic E-state index is -0.789. The van der Waals surface area contributed by atoms with Crippen molar-refractivity contribution in [2.24, 2.45) is 5.92 Å². The van der Waals surface area contributed by atoms with Gasteiger partial charge in [-0.05, 0) is 18.9 Å². The highest BCUT2D eigenvalue weighted by Gasteiger charge is 2.34. The van der Waals surface area contributed by atoms with Gasteiger partial charge < -0.3 is 5.11 Å². The lowest BCUT2D eigenvalue weighted by Gasteiger charge is -2.28. The van der Waals surface area contributed by atoms with E-state index in [2.05, 4.69) is 0 Å². The van der Waals surface area contributed by atoms with Crippen LogP contribution in [0.15, 0.2) is 24.3 Å². The molecule has 0 aromatic heterocycles. The van der Waals surface area contributed by atoms with Gasteiger partial charge in [0.2, 0.25) is 0 Å². The molecule has 1 aromatic rings. The van der Waals surface area contributed by atoms with E-state index in [1.807, 2.05) is 31.2 Å². The lowest BCUT2D eigenvalue weighted by molar-refractivity contribution is -0.144. The molecule has 0 bridgehead atoms. The Morgan fingerprint density at radius 3 is 2.53 bits per heavy atom. The molecule has 0 amide bonds. The monoisotopic (exact) mass is 232 g/mol. The fraction of sp³-hybridized carbons (Fsp3) is 0.429. The number of ketones is 1. The van der Waals surface area contributed by atoms with Crippen molar-refractivity contribution in [3.05, 3.63) is 35.4 Å². The molecule has 2 unspecified atom stereocenters. The number of carbonyl (C=O) groups is 2. The number of benzene rings is 1. The number of rotatable bonds is 2. The zero-order valence-corrected chi connectivity index (χ0v) is 9.85. The van der Waals surface area contributed by atoms with Gasteiger partial charge in [0.25, 0.3) is 0 Å². The minimum absolute atomic E-state index is 0.158. The summed E-state index contributed by atoms with van der Waals surface area (Å²) in [4.78, 5) is 22.7. The number of aliphatic carboxylic acids is 1. The van der Waals surface area contributed by atoms with Crippen LogP contribution in [0.3, 0.4) is 0 Å². The van der Waals surface area contributed by atoms with Gasteiger partial charge in [0.15, 0.2) is 0 Å². The molecule has 2 atom stereocenters. The lowest BCUT2D eigenvalue weighted by Crippen LogP contribution is -2.29. The summed E-state index contributed by atoms with van der Waals surface area (Å²) in [5.74, 6) is -1.19. The maximum absolute atomic E-state index is 11.5. The molecule has 0 spiro atoms. The largest absolute Gasteiger partial charge is 0.481 e. The number of carboxylic acids is 1. The summed E-state index contributed by atoms with van der Waals surface area (Å²) in [5, 5.41) is 9.20. The summed E-state index contributed by atoms with van der Waals surface area (Å²) in [6, 6.07) is 7.81. The van der Waals surface area contributed by atoms with Gasteiger partial charge in [-0.25, -0.2) is 0 Å². The van der Waals surface area contributed by atoms with Crippen LogP contribution in [-0.2, 0) is 9.59 Å². The molecule has 1 fully saturated rings. The molecule has 1 aliphatic carbocycles. The van der Waals surface area contributed by atoms with Gasteiger partial charge >= 0.3 is 5.97 Å². The van der Waals surface area contributed by atoms with Crippen molar-refractivity contribution in [2.45, 2.75) is 32.1 Å². The summed E-state index contributed by atoms with van der Waals surface area (Å²) in [5.41, 5.74) is 2.11. The second kappa shape index (κ2) is 4.70. The van der Waals surface area contributed by atoms with Crippen molar-refractivity contribution < 1.29 is 14.7 Å². The zero-order chi connectivity index (χ0) is 12.4. The number of carboxylic acid groups (broad SMARTS) is 1. The average Bonchev–Trinajstić information content (AvgIpc) is 2.29. The van der Waals surface area contributed by atoms with Crippen molar-refractivity contribution in [1.82, 2.24) is 0 Å². The highest BCUT2D eigenvalue weighted by atomic mass is 16.4. The predicted molar refractivity (Wildman–Crippen MR) is 63.9 cm³/mol. The van der Waals surface area contributed by atoms with Gasteiger partial charge in [0.1, 0.15) is 5.78 Å². The van der Waals surface area contributed by atoms with Crippen molar-refractivity contribution >= 4 is 11.8 Å². The Labute approximate surface area is 100 Å². The van der Waals surface area contributed by atoms with Crippen LogP contribution in [0.5, 0.6) is 0 Å². The van der Waals surface area contributed by atoms with E-state index in [1.54, 1.807) is 0 Å². The van der Waals surface area contributed by atoms with Crippen LogP contribution in [-0.4, -0.2) is 16.9 Å². The molecule has 0 aliphatic heterocycles. The summed E-state index contributed by atoms with van der Waals surface area (Å²) < 4.78 is 0. The smallest absolute Gasteiger partial charge is 0.307 e. The van der Waals surface area contributed by atoms with E-state index in [0.29, 0.717) is 19.3 Å². The zero-order valence-electron chi connectivity index (χ0n) is 9.85. The SMILES string of the molecule is Cc1ccc(C2CC(=O)CCC2C(=O)O)cc1. The molecule has 1 saturated carbocycles. The highest BCUT2D eigenvalue weighted by molar-refractivity contribution is 5.83. The molecular formula is C14H16O3. The summed E-state index contributed by atoms with van der Waals surface area (Å²) in [7, 11) is 0. The van der Waals surface area contributed by atoms with Crippen LogP contribution >= 0.6 is 0 Å². The maximum Gasteiger partial charge on any atom is 0.307 e. The summed E-state index contributed by atoms with van der Waals surface area (Å²) in [6.45, 7) is 1.99. The first-order valence-corrected chi connectivity index (χ1v) is 5.89. The first-order valence-electron chi connectivity index (χ1n) is 5.89. The van der Waals surface area contributed by atoms with Crippen LogP contribution in [0, 0.1) is 12.8 Å². The van der Waals surface area contributed by atoms with Crippen molar-refractivity contribution in [1.29, 1.82) is 0 Å². The Morgan fingerprint density at radius 1 is 1.29 bits per heavy atom. The van der Waals surface area contributed by atoms with Crippen molar-refractivity contribution in [3.63, 3.8) is 0 Å². The van der Waals surface area contributed by atoms with Gasteiger partial charge in [-0.1, -0.05) is 29.8 Å². The molecule has 1 aliphatic rings. The highest BCUT2D eigenvalue weighted by Crippen LogP contribution is 2.36. The van der Waals surface area contributed by atoms with Crippen LogP contribution in [0.2, 0.25) is 0 Å². The van der Waals surface area contributed by atoms with E-state index in [0.717, 1.165) is 11.1 Å². The number of carbonyl (C=O) groups excluding carboxylic acids is 1. The molecule has 90 valence electrons. The van der Waals surface area contributed by atoms with Crippen molar-refractivity contribution in [3.8, 4) is 0 Å². The van der Waals surface area contributed by atoms with Gasteiger partial charge in [-0.3, -0.25) is 9.59 Å². The fourth-order valence-electron chi connectivity index (χ4n) is 2.47. The molecule has 1 aromatic carbocycles. The minimum Gasteiger partial charge on any atom is -0.481 e. The van der Waals surface area contributed by atoms with E-state index >= 15 is 0 Å². The van der Waals surface area contributed by atoms with E-state index in [4.69, 9.17) is 0 Å². The van der Waals surface area contributed by atoms with Crippen LogP contribution < -0.4 is 0 Å². The standard InChI is InChI=1S/C14H16O3/c1-9-2-4-10(5-3-9)13-8-11(15)6-7-12(13)14(16)17/h2-5,12-13H,6-8H2,1H3,(H,16,17). The molecule has 0 saturated heterocycles.